The molecule has 0 radical (unpaired) electrons. The zero-order valence-corrected chi connectivity index (χ0v) is 25.5. The molecule has 2 amide bonds. The number of rotatable bonds is 11. The summed E-state index contributed by atoms with van der Waals surface area (Å²) in [4.78, 5) is 46.1. The summed E-state index contributed by atoms with van der Waals surface area (Å²) in [6.45, 7) is 25.8. The van der Waals surface area contributed by atoms with Crippen LogP contribution < -0.4 is 0 Å². The summed E-state index contributed by atoms with van der Waals surface area (Å²) in [5, 5.41) is 10.5. The average molecular weight is 547 g/mol. The Hall–Kier alpha value is -2.19. The number of nitrogens with zero attached hydrogens (tertiary/aromatic N) is 2. The Morgan fingerprint density at radius 1 is 1.23 bits per heavy atom. The van der Waals surface area contributed by atoms with Crippen LogP contribution in [0.15, 0.2) is 25.3 Å². The molecule has 3 fully saturated rings. The lowest BCUT2D eigenvalue weighted by atomic mass is 9.62. The Morgan fingerprint density at radius 2 is 1.85 bits per heavy atom. The van der Waals surface area contributed by atoms with Crippen molar-refractivity contribution in [1.29, 1.82) is 0 Å². The third-order valence-corrected chi connectivity index (χ3v) is 9.17. The SMILES string of the molecule is C=CCOC(=O)[C@@H]1[C@H]2C(=O)N([C@@H](CO)C(C)C)C(C(=O)N(CC=C)C(C)(C)CC(C)(C)C)C23CC(C)[C@@]1(C)O3. The number of hydrogen-bond acceptors (Lipinski definition) is 6. The molecule has 3 saturated heterocycles. The van der Waals surface area contributed by atoms with Gasteiger partial charge in [0.1, 0.15) is 24.2 Å². The van der Waals surface area contributed by atoms with Gasteiger partial charge in [0.25, 0.3) is 0 Å². The summed E-state index contributed by atoms with van der Waals surface area (Å²) >= 11 is 0. The van der Waals surface area contributed by atoms with Crippen molar-refractivity contribution in [3.05, 3.63) is 25.3 Å². The number of esters is 1. The fourth-order valence-electron chi connectivity index (χ4n) is 7.83. The molecule has 0 aromatic rings. The van der Waals surface area contributed by atoms with Gasteiger partial charge in [-0.1, -0.05) is 60.3 Å². The van der Waals surface area contributed by atoms with Crippen LogP contribution in [0.25, 0.3) is 0 Å². The van der Waals surface area contributed by atoms with Gasteiger partial charge in [0, 0.05) is 12.1 Å². The van der Waals surface area contributed by atoms with Crippen LogP contribution >= 0.6 is 0 Å². The van der Waals surface area contributed by atoms with Crippen LogP contribution in [-0.4, -0.2) is 81.3 Å². The number of hydrogen-bond donors (Lipinski definition) is 1. The van der Waals surface area contributed by atoms with E-state index in [4.69, 9.17) is 9.47 Å². The molecule has 3 heterocycles. The van der Waals surface area contributed by atoms with Crippen LogP contribution in [0.4, 0.5) is 0 Å². The number of amides is 2. The maximum Gasteiger partial charge on any atom is 0.313 e. The third-order valence-electron chi connectivity index (χ3n) is 9.17. The number of aliphatic hydroxyl groups is 1. The van der Waals surface area contributed by atoms with Crippen molar-refractivity contribution in [3.63, 3.8) is 0 Å². The van der Waals surface area contributed by atoms with Gasteiger partial charge in [0.15, 0.2) is 0 Å². The minimum absolute atomic E-state index is 0.0269. The third kappa shape index (κ3) is 5.08. The molecule has 0 aromatic heterocycles. The van der Waals surface area contributed by atoms with E-state index in [-0.39, 0.29) is 42.3 Å². The van der Waals surface area contributed by atoms with Crippen LogP contribution in [0.1, 0.15) is 75.2 Å². The summed E-state index contributed by atoms with van der Waals surface area (Å²) in [6.07, 6.45) is 4.37. The zero-order chi connectivity index (χ0) is 29.7. The second kappa shape index (κ2) is 10.7. The monoisotopic (exact) mass is 546 g/mol. The fraction of sp³-hybridized carbons (Fsp3) is 0.774. The van der Waals surface area contributed by atoms with E-state index in [1.54, 1.807) is 15.9 Å². The Morgan fingerprint density at radius 3 is 2.33 bits per heavy atom. The van der Waals surface area contributed by atoms with Gasteiger partial charge >= 0.3 is 5.97 Å². The summed E-state index contributed by atoms with van der Waals surface area (Å²) in [5.41, 5.74) is -2.79. The van der Waals surface area contributed by atoms with Gasteiger partial charge < -0.3 is 24.4 Å². The summed E-state index contributed by atoms with van der Waals surface area (Å²) in [7, 11) is 0. The first-order valence-electron chi connectivity index (χ1n) is 14.3. The van der Waals surface area contributed by atoms with E-state index in [0.29, 0.717) is 13.0 Å². The molecule has 0 aliphatic carbocycles. The molecule has 7 atom stereocenters. The Kier molecular flexibility index (Phi) is 8.56. The van der Waals surface area contributed by atoms with E-state index < -0.39 is 46.6 Å². The predicted molar refractivity (Wildman–Crippen MR) is 151 cm³/mol. The van der Waals surface area contributed by atoms with Crippen molar-refractivity contribution in [2.24, 2.45) is 29.1 Å². The molecule has 0 aromatic carbocycles. The molecule has 1 spiro atoms. The van der Waals surface area contributed by atoms with Crippen LogP contribution in [0.2, 0.25) is 0 Å². The first-order valence-corrected chi connectivity index (χ1v) is 14.3. The van der Waals surface area contributed by atoms with Gasteiger partial charge in [0.2, 0.25) is 11.8 Å². The quantitative estimate of drug-likeness (QED) is 0.311. The smallest absolute Gasteiger partial charge is 0.313 e. The Bertz CT molecular complexity index is 1000. The topological polar surface area (TPSA) is 96.4 Å². The van der Waals surface area contributed by atoms with Crippen molar-refractivity contribution in [1.82, 2.24) is 9.80 Å². The van der Waals surface area contributed by atoms with E-state index >= 15 is 0 Å². The number of carbonyl (C=O) groups excluding carboxylic acids is 3. The van der Waals surface area contributed by atoms with Gasteiger partial charge in [0.05, 0.1) is 24.2 Å². The minimum atomic E-state index is -1.21. The maximum atomic E-state index is 14.8. The lowest BCUT2D eigenvalue weighted by Gasteiger charge is -2.47. The van der Waals surface area contributed by atoms with Gasteiger partial charge in [-0.25, -0.2) is 0 Å². The van der Waals surface area contributed by atoms with Crippen LogP contribution in [0, 0.1) is 29.1 Å². The van der Waals surface area contributed by atoms with E-state index in [1.165, 1.54) is 6.08 Å². The number of fused-ring (bicyclic) bond motifs is 1. The Labute approximate surface area is 234 Å². The second-order valence-corrected chi connectivity index (χ2v) is 14.1. The van der Waals surface area contributed by atoms with Crippen molar-refractivity contribution >= 4 is 17.8 Å². The molecule has 8 heteroatoms. The van der Waals surface area contributed by atoms with Crippen LogP contribution in [0.3, 0.4) is 0 Å². The van der Waals surface area contributed by atoms with Crippen molar-refractivity contribution in [3.8, 4) is 0 Å². The molecule has 8 nitrogen and oxygen atoms in total. The van der Waals surface area contributed by atoms with E-state index in [9.17, 15) is 19.5 Å². The molecular formula is C31H50N2O6. The fourth-order valence-corrected chi connectivity index (χ4v) is 7.83. The molecule has 3 aliphatic heterocycles. The molecule has 3 rings (SSSR count). The largest absolute Gasteiger partial charge is 0.461 e. The highest BCUT2D eigenvalue weighted by atomic mass is 16.6. The standard InChI is InChI=1S/C31H50N2O6/c1-12-14-32(29(9,10)18-28(6,7)8)26(36)24-31-16-20(5)30(11,39-31)23(27(37)38-15-13-2)22(31)25(35)33(24)21(17-34)19(3)4/h12-13,19-24,34H,1-2,14-18H2,3-11H3/t20?,21-,22-,23-,24?,30+,31?/m0/s1. The summed E-state index contributed by atoms with van der Waals surface area (Å²) < 4.78 is 12.3. The van der Waals surface area contributed by atoms with E-state index in [1.807, 2.05) is 41.5 Å². The first kappa shape index (κ1) is 31.3. The van der Waals surface area contributed by atoms with Crippen LogP contribution in [-0.2, 0) is 23.9 Å². The number of aliphatic hydroxyl groups excluding tert-OH is 1. The molecule has 3 aliphatic rings. The molecule has 39 heavy (non-hydrogen) atoms. The highest BCUT2D eigenvalue weighted by molar-refractivity contribution is 5.99. The van der Waals surface area contributed by atoms with Gasteiger partial charge in [-0.05, 0) is 50.9 Å². The lowest BCUT2D eigenvalue weighted by Crippen LogP contribution is -2.63. The van der Waals surface area contributed by atoms with Crippen molar-refractivity contribution < 1.29 is 29.0 Å². The molecule has 1 N–H and O–H groups in total. The van der Waals surface area contributed by atoms with Crippen molar-refractivity contribution in [2.75, 3.05) is 19.8 Å². The van der Waals surface area contributed by atoms with Gasteiger partial charge in [-0.2, -0.15) is 0 Å². The number of ether oxygens (including phenoxy) is 2. The molecule has 220 valence electrons. The van der Waals surface area contributed by atoms with E-state index in [2.05, 4.69) is 33.9 Å². The highest BCUT2D eigenvalue weighted by Crippen LogP contribution is 2.66. The molecule has 0 saturated carbocycles. The number of likely N-dealkylation sites (tertiary alicyclic amines) is 1. The minimum Gasteiger partial charge on any atom is -0.461 e. The second-order valence-electron chi connectivity index (χ2n) is 14.1. The lowest BCUT2D eigenvalue weighted by molar-refractivity contribution is -0.165. The summed E-state index contributed by atoms with van der Waals surface area (Å²) in [5.74, 6) is -3.06. The van der Waals surface area contributed by atoms with E-state index in [0.717, 1.165) is 6.42 Å². The molecular weight excluding hydrogens is 496 g/mol. The predicted octanol–water partition coefficient (Wildman–Crippen LogP) is 3.97. The molecule has 2 bridgehead atoms. The maximum absolute atomic E-state index is 14.8. The molecule has 3 unspecified atom stereocenters. The first-order chi connectivity index (χ1) is 17.9. The van der Waals surface area contributed by atoms with Crippen molar-refractivity contribution in [2.45, 2.75) is 104 Å². The zero-order valence-electron chi connectivity index (χ0n) is 25.5. The normalized spacial score (nSPS) is 32.8. The number of carbonyl (C=O) groups is 3. The Balaban J connectivity index is 2.22. The highest BCUT2D eigenvalue weighted by Gasteiger charge is 2.81. The van der Waals surface area contributed by atoms with Gasteiger partial charge in [-0.15, -0.1) is 6.58 Å². The van der Waals surface area contributed by atoms with Gasteiger partial charge in [-0.3, -0.25) is 14.4 Å². The summed E-state index contributed by atoms with van der Waals surface area (Å²) in [6, 6.07) is -1.60. The van der Waals surface area contributed by atoms with Crippen LogP contribution in [0.5, 0.6) is 0 Å². The average Bonchev–Trinajstić information content (AvgIpc) is 3.31.